The van der Waals surface area contributed by atoms with Crippen molar-refractivity contribution in [3.8, 4) is 0 Å². The summed E-state index contributed by atoms with van der Waals surface area (Å²) in [5.74, 6) is 1.41. The standard InChI is InChI=1S/C20H37N3O3/c1-6-25-18(24)15-9-11-23(12-10-15)19(21-5)22-14-16-8-7-13-26-17(16)20(2,3)4/h15-17H,6-14H2,1-5H3,(H,21,22). The van der Waals surface area contributed by atoms with E-state index >= 15 is 0 Å². The molecule has 6 heteroatoms. The molecule has 0 aromatic heterocycles. The highest BCUT2D eigenvalue weighted by molar-refractivity contribution is 5.80. The first kappa shape index (κ1) is 21.0. The molecule has 0 spiro atoms. The summed E-state index contributed by atoms with van der Waals surface area (Å²) in [4.78, 5) is 18.6. The van der Waals surface area contributed by atoms with Gasteiger partial charge in [-0.15, -0.1) is 0 Å². The van der Waals surface area contributed by atoms with Crippen molar-refractivity contribution in [2.75, 3.05) is 39.9 Å². The number of nitrogens with zero attached hydrogens (tertiary/aromatic N) is 2. The number of aliphatic imine (C=N–C) groups is 1. The van der Waals surface area contributed by atoms with Gasteiger partial charge in [-0.05, 0) is 38.0 Å². The largest absolute Gasteiger partial charge is 0.466 e. The molecule has 0 bridgehead atoms. The van der Waals surface area contributed by atoms with E-state index in [-0.39, 0.29) is 23.4 Å². The van der Waals surface area contributed by atoms with Gasteiger partial charge in [0.25, 0.3) is 0 Å². The summed E-state index contributed by atoms with van der Waals surface area (Å²) < 4.78 is 11.2. The molecule has 150 valence electrons. The molecule has 0 aromatic rings. The molecule has 0 radical (unpaired) electrons. The van der Waals surface area contributed by atoms with Crippen LogP contribution in [0.15, 0.2) is 4.99 Å². The second-order valence-corrected chi connectivity index (χ2v) is 8.50. The van der Waals surface area contributed by atoms with Crippen LogP contribution < -0.4 is 5.32 Å². The maximum atomic E-state index is 11.9. The molecule has 2 unspecified atom stereocenters. The van der Waals surface area contributed by atoms with Crippen LogP contribution in [0.4, 0.5) is 0 Å². The Balaban J connectivity index is 1.85. The van der Waals surface area contributed by atoms with Crippen LogP contribution in [0.3, 0.4) is 0 Å². The lowest BCUT2D eigenvalue weighted by atomic mass is 9.78. The molecular weight excluding hydrogens is 330 g/mol. The lowest BCUT2D eigenvalue weighted by molar-refractivity contribution is -0.149. The zero-order chi connectivity index (χ0) is 19.2. The van der Waals surface area contributed by atoms with Gasteiger partial charge in [0.05, 0.1) is 18.6 Å². The predicted octanol–water partition coefficient (Wildman–Crippen LogP) is 2.68. The van der Waals surface area contributed by atoms with Crippen molar-refractivity contribution < 1.29 is 14.3 Å². The van der Waals surface area contributed by atoms with Crippen molar-refractivity contribution >= 4 is 11.9 Å². The second-order valence-electron chi connectivity index (χ2n) is 8.50. The van der Waals surface area contributed by atoms with Gasteiger partial charge >= 0.3 is 5.97 Å². The molecule has 2 heterocycles. The minimum Gasteiger partial charge on any atom is -0.466 e. The fraction of sp³-hybridized carbons (Fsp3) is 0.900. The van der Waals surface area contributed by atoms with Crippen LogP contribution in [0, 0.1) is 17.3 Å². The SMILES string of the molecule is CCOC(=O)C1CCN(C(=NC)NCC2CCCOC2C(C)(C)C)CC1. The normalized spacial score (nSPS) is 25.9. The number of piperidine rings is 1. The first-order valence-corrected chi connectivity index (χ1v) is 10.1. The minimum atomic E-state index is -0.0533. The molecule has 2 aliphatic heterocycles. The zero-order valence-corrected chi connectivity index (χ0v) is 17.2. The van der Waals surface area contributed by atoms with E-state index in [2.05, 4.69) is 36.0 Å². The van der Waals surface area contributed by atoms with Crippen molar-refractivity contribution in [2.24, 2.45) is 22.2 Å². The molecule has 2 atom stereocenters. The average molecular weight is 368 g/mol. The molecule has 2 aliphatic rings. The topological polar surface area (TPSA) is 63.2 Å². The van der Waals surface area contributed by atoms with Gasteiger partial charge in [0.15, 0.2) is 5.96 Å². The van der Waals surface area contributed by atoms with Crippen LogP contribution in [0.2, 0.25) is 0 Å². The predicted molar refractivity (Wildman–Crippen MR) is 104 cm³/mol. The number of hydrogen-bond acceptors (Lipinski definition) is 4. The molecule has 26 heavy (non-hydrogen) atoms. The van der Waals surface area contributed by atoms with Gasteiger partial charge in [0, 0.05) is 39.2 Å². The smallest absolute Gasteiger partial charge is 0.309 e. The van der Waals surface area contributed by atoms with Crippen molar-refractivity contribution in [2.45, 2.75) is 59.5 Å². The summed E-state index contributed by atoms with van der Waals surface area (Å²) >= 11 is 0. The summed E-state index contributed by atoms with van der Waals surface area (Å²) in [6, 6.07) is 0. The highest BCUT2D eigenvalue weighted by Gasteiger charge is 2.35. The van der Waals surface area contributed by atoms with Crippen LogP contribution in [0.5, 0.6) is 0 Å². The lowest BCUT2D eigenvalue weighted by Gasteiger charge is -2.41. The molecule has 2 fully saturated rings. The van der Waals surface area contributed by atoms with E-state index in [0.717, 1.165) is 51.5 Å². The second kappa shape index (κ2) is 9.58. The highest BCUT2D eigenvalue weighted by Crippen LogP contribution is 2.33. The number of nitrogens with one attached hydrogen (secondary N) is 1. The molecule has 1 N–H and O–H groups in total. The third-order valence-electron chi connectivity index (χ3n) is 5.45. The number of rotatable bonds is 4. The van der Waals surface area contributed by atoms with Crippen molar-refractivity contribution in [3.63, 3.8) is 0 Å². The summed E-state index contributed by atoms with van der Waals surface area (Å²) in [5, 5.41) is 3.56. The van der Waals surface area contributed by atoms with Gasteiger partial charge in [-0.3, -0.25) is 9.79 Å². The summed E-state index contributed by atoms with van der Waals surface area (Å²) in [6.45, 7) is 12.5. The summed E-state index contributed by atoms with van der Waals surface area (Å²) in [5.41, 5.74) is 0.147. The van der Waals surface area contributed by atoms with Gasteiger partial charge in [-0.2, -0.15) is 0 Å². The summed E-state index contributed by atoms with van der Waals surface area (Å²) in [7, 11) is 1.83. The Labute approximate surface area is 158 Å². The molecule has 0 amide bonds. The number of ether oxygens (including phenoxy) is 2. The summed E-state index contributed by atoms with van der Waals surface area (Å²) in [6.07, 6.45) is 4.25. The fourth-order valence-electron chi connectivity index (χ4n) is 4.15. The third kappa shape index (κ3) is 5.60. The lowest BCUT2D eigenvalue weighted by Crippen LogP contribution is -2.50. The van der Waals surface area contributed by atoms with Crippen LogP contribution in [-0.2, 0) is 14.3 Å². The maximum absolute atomic E-state index is 11.9. The van der Waals surface area contributed by atoms with Gasteiger partial charge in [0.1, 0.15) is 0 Å². The molecule has 0 aromatic carbocycles. The molecule has 2 saturated heterocycles. The Morgan fingerprint density at radius 2 is 1.96 bits per heavy atom. The molecule has 0 saturated carbocycles. The van der Waals surface area contributed by atoms with Crippen molar-refractivity contribution in [3.05, 3.63) is 0 Å². The first-order chi connectivity index (χ1) is 12.4. The van der Waals surface area contributed by atoms with Crippen molar-refractivity contribution in [1.29, 1.82) is 0 Å². The van der Waals surface area contributed by atoms with Crippen LogP contribution in [0.25, 0.3) is 0 Å². The third-order valence-corrected chi connectivity index (χ3v) is 5.45. The Morgan fingerprint density at radius 3 is 2.54 bits per heavy atom. The molecular formula is C20H37N3O3. The first-order valence-electron chi connectivity index (χ1n) is 10.1. The Hall–Kier alpha value is -1.30. The Bertz CT molecular complexity index is 479. The average Bonchev–Trinajstić information content (AvgIpc) is 2.62. The van der Waals surface area contributed by atoms with E-state index in [1.54, 1.807) is 0 Å². The van der Waals surface area contributed by atoms with Gasteiger partial charge < -0.3 is 19.7 Å². The minimum absolute atomic E-state index is 0.0290. The van der Waals surface area contributed by atoms with Crippen LogP contribution >= 0.6 is 0 Å². The van der Waals surface area contributed by atoms with E-state index < -0.39 is 0 Å². The van der Waals surface area contributed by atoms with Crippen molar-refractivity contribution in [1.82, 2.24) is 10.2 Å². The van der Waals surface area contributed by atoms with Crippen LogP contribution in [0.1, 0.15) is 53.4 Å². The Morgan fingerprint density at radius 1 is 1.27 bits per heavy atom. The fourth-order valence-corrected chi connectivity index (χ4v) is 4.15. The number of esters is 1. The quantitative estimate of drug-likeness (QED) is 0.470. The van der Waals surface area contributed by atoms with E-state index in [4.69, 9.17) is 9.47 Å². The van der Waals surface area contributed by atoms with E-state index in [0.29, 0.717) is 12.5 Å². The molecule has 0 aliphatic carbocycles. The Kier molecular flexibility index (Phi) is 7.74. The highest BCUT2D eigenvalue weighted by atomic mass is 16.5. The zero-order valence-electron chi connectivity index (χ0n) is 17.2. The molecule has 6 nitrogen and oxygen atoms in total. The number of guanidine groups is 1. The van der Waals surface area contributed by atoms with E-state index in [1.807, 2.05) is 14.0 Å². The van der Waals surface area contributed by atoms with E-state index in [1.165, 1.54) is 6.42 Å². The number of hydrogen-bond donors (Lipinski definition) is 1. The van der Waals surface area contributed by atoms with Crippen LogP contribution in [-0.4, -0.2) is 62.8 Å². The maximum Gasteiger partial charge on any atom is 0.309 e. The number of carbonyl (C=O) groups is 1. The van der Waals surface area contributed by atoms with Gasteiger partial charge in [-0.1, -0.05) is 20.8 Å². The van der Waals surface area contributed by atoms with E-state index in [9.17, 15) is 4.79 Å². The monoisotopic (exact) mass is 367 g/mol. The number of carbonyl (C=O) groups excluding carboxylic acids is 1. The van der Waals surface area contributed by atoms with Gasteiger partial charge in [0.2, 0.25) is 0 Å². The number of likely N-dealkylation sites (tertiary alicyclic amines) is 1. The van der Waals surface area contributed by atoms with Gasteiger partial charge in [-0.25, -0.2) is 0 Å². The molecule has 2 rings (SSSR count).